The molecule has 2 rings (SSSR count). The van der Waals surface area contributed by atoms with Crippen LogP contribution in [-0.2, 0) is 32.3 Å². The van der Waals surface area contributed by atoms with E-state index in [-0.39, 0.29) is 24.6 Å². The highest BCUT2D eigenvalue weighted by Crippen LogP contribution is 2.32. The van der Waals surface area contributed by atoms with Gasteiger partial charge in [0, 0.05) is 18.1 Å². The zero-order valence-electron chi connectivity index (χ0n) is 21.0. The number of carbonyl (C=O) groups is 2. The van der Waals surface area contributed by atoms with E-state index < -0.39 is 46.2 Å². The Kier molecular flexibility index (Phi) is 10.4. The summed E-state index contributed by atoms with van der Waals surface area (Å²) < 4.78 is 65.6. The van der Waals surface area contributed by atoms with Crippen LogP contribution in [0, 0.1) is 5.92 Å². The number of halogens is 4. The van der Waals surface area contributed by atoms with Gasteiger partial charge in [-0.1, -0.05) is 56.6 Å². The number of sulfonamides is 1. The summed E-state index contributed by atoms with van der Waals surface area (Å²) in [6.07, 6.45) is -3.70. The second kappa shape index (κ2) is 12.6. The molecule has 37 heavy (non-hydrogen) atoms. The lowest BCUT2D eigenvalue weighted by Gasteiger charge is -2.33. The van der Waals surface area contributed by atoms with Crippen molar-refractivity contribution < 1.29 is 31.2 Å². The van der Waals surface area contributed by atoms with Gasteiger partial charge in [0.1, 0.15) is 12.6 Å². The van der Waals surface area contributed by atoms with E-state index in [0.29, 0.717) is 27.5 Å². The van der Waals surface area contributed by atoms with Crippen LogP contribution < -0.4 is 9.62 Å². The molecule has 2 aromatic rings. The number of rotatable bonds is 11. The van der Waals surface area contributed by atoms with Gasteiger partial charge in [0.05, 0.1) is 17.5 Å². The third kappa shape index (κ3) is 8.63. The summed E-state index contributed by atoms with van der Waals surface area (Å²) >= 11 is 6.29. The van der Waals surface area contributed by atoms with Crippen LogP contribution in [0.1, 0.15) is 38.3 Å². The van der Waals surface area contributed by atoms with E-state index in [1.54, 1.807) is 31.2 Å². The van der Waals surface area contributed by atoms with Crippen LogP contribution >= 0.6 is 11.6 Å². The van der Waals surface area contributed by atoms with E-state index in [9.17, 15) is 31.2 Å². The molecule has 0 aliphatic rings. The van der Waals surface area contributed by atoms with Crippen LogP contribution in [0.3, 0.4) is 0 Å². The van der Waals surface area contributed by atoms with Crippen molar-refractivity contribution in [2.45, 2.75) is 46.0 Å². The maximum atomic E-state index is 13.6. The Morgan fingerprint density at radius 1 is 1.08 bits per heavy atom. The van der Waals surface area contributed by atoms with Crippen molar-refractivity contribution in [3.63, 3.8) is 0 Å². The Labute approximate surface area is 220 Å². The van der Waals surface area contributed by atoms with Crippen LogP contribution in [0.25, 0.3) is 0 Å². The van der Waals surface area contributed by atoms with E-state index >= 15 is 0 Å². The standard InChI is InChI=1S/C25H31ClF3N3O4S/c1-5-22(24(34)30-14-17(2)3)31(15-18-9-6-7-12-21(18)26)23(33)16-32(37(4,35)36)20-11-8-10-19(13-20)25(27,28)29/h6-13,17,22H,5,14-16H2,1-4H3,(H,30,34). The van der Waals surface area contributed by atoms with E-state index in [1.165, 1.54) is 11.0 Å². The van der Waals surface area contributed by atoms with E-state index in [4.69, 9.17) is 11.6 Å². The molecule has 2 amide bonds. The van der Waals surface area contributed by atoms with Gasteiger partial charge in [-0.2, -0.15) is 13.2 Å². The maximum absolute atomic E-state index is 13.6. The Balaban J connectivity index is 2.49. The van der Waals surface area contributed by atoms with Gasteiger partial charge in [-0.25, -0.2) is 8.42 Å². The highest BCUT2D eigenvalue weighted by molar-refractivity contribution is 7.92. The molecule has 0 radical (unpaired) electrons. The number of benzene rings is 2. The molecular formula is C25H31ClF3N3O4S. The molecule has 2 aromatic carbocycles. The van der Waals surface area contributed by atoms with Crippen LogP contribution in [0.5, 0.6) is 0 Å². The number of nitrogens with one attached hydrogen (secondary N) is 1. The molecule has 0 aromatic heterocycles. The normalized spacial score (nSPS) is 12.8. The minimum atomic E-state index is -4.71. The number of amides is 2. The summed E-state index contributed by atoms with van der Waals surface area (Å²) in [5.41, 5.74) is -0.850. The van der Waals surface area contributed by atoms with Crippen molar-refractivity contribution in [3.8, 4) is 0 Å². The molecule has 0 fully saturated rings. The summed E-state index contributed by atoms with van der Waals surface area (Å²) in [5.74, 6) is -1.05. The number of carbonyl (C=O) groups excluding carboxylic acids is 2. The second-order valence-corrected chi connectivity index (χ2v) is 11.3. The van der Waals surface area contributed by atoms with Crippen LogP contribution in [0.15, 0.2) is 48.5 Å². The van der Waals surface area contributed by atoms with E-state index in [0.717, 1.165) is 18.4 Å². The summed E-state index contributed by atoms with van der Waals surface area (Å²) in [6, 6.07) is 9.43. The van der Waals surface area contributed by atoms with Gasteiger partial charge in [-0.15, -0.1) is 0 Å². The quantitative estimate of drug-likeness (QED) is 0.431. The van der Waals surface area contributed by atoms with Gasteiger partial charge in [-0.05, 0) is 42.2 Å². The number of alkyl halides is 3. The molecule has 204 valence electrons. The van der Waals surface area contributed by atoms with Crippen molar-refractivity contribution in [1.29, 1.82) is 0 Å². The minimum Gasteiger partial charge on any atom is -0.354 e. The molecule has 1 N–H and O–H groups in total. The Morgan fingerprint density at radius 3 is 2.27 bits per heavy atom. The maximum Gasteiger partial charge on any atom is 0.416 e. The molecule has 7 nitrogen and oxygen atoms in total. The molecule has 0 saturated carbocycles. The largest absolute Gasteiger partial charge is 0.416 e. The average molecular weight is 562 g/mol. The molecule has 1 unspecified atom stereocenters. The average Bonchev–Trinajstić information content (AvgIpc) is 2.80. The van der Waals surface area contributed by atoms with Crippen LogP contribution in [0.2, 0.25) is 5.02 Å². The highest BCUT2D eigenvalue weighted by atomic mass is 35.5. The van der Waals surface area contributed by atoms with Crippen molar-refractivity contribution >= 4 is 39.1 Å². The number of hydrogen-bond acceptors (Lipinski definition) is 4. The monoisotopic (exact) mass is 561 g/mol. The van der Waals surface area contributed by atoms with Crippen molar-refractivity contribution in [2.24, 2.45) is 5.92 Å². The van der Waals surface area contributed by atoms with Crippen molar-refractivity contribution in [3.05, 3.63) is 64.7 Å². The minimum absolute atomic E-state index is 0.105. The molecule has 12 heteroatoms. The lowest BCUT2D eigenvalue weighted by molar-refractivity contribution is -0.140. The van der Waals surface area contributed by atoms with Crippen LogP contribution in [-0.4, -0.2) is 50.5 Å². The van der Waals surface area contributed by atoms with Crippen LogP contribution in [0.4, 0.5) is 18.9 Å². The molecule has 0 aliphatic carbocycles. The summed E-state index contributed by atoms with van der Waals surface area (Å²) in [6.45, 7) is 4.97. The van der Waals surface area contributed by atoms with Gasteiger partial charge < -0.3 is 10.2 Å². The lowest BCUT2D eigenvalue weighted by atomic mass is 10.1. The Morgan fingerprint density at radius 2 is 1.73 bits per heavy atom. The molecule has 0 spiro atoms. The molecule has 0 bridgehead atoms. The molecule has 1 atom stereocenters. The fourth-order valence-corrected chi connectivity index (χ4v) is 4.64. The van der Waals surface area contributed by atoms with E-state index in [1.807, 2.05) is 13.8 Å². The Bertz CT molecular complexity index is 1210. The first-order valence-corrected chi connectivity index (χ1v) is 13.8. The molecular weight excluding hydrogens is 531 g/mol. The molecule has 0 saturated heterocycles. The topological polar surface area (TPSA) is 86.8 Å². The number of nitrogens with zero attached hydrogens (tertiary/aromatic N) is 2. The Hall–Kier alpha value is -2.79. The fourth-order valence-electron chi connectivity index (χ4n) is 3.60. The molecule has 0 heterocycles. The first-order valence-electron chi connectivity index (χ1n) is 11.6. The number of anilines is 1. The zero-order valence-corrected chi connectivity index (χ0v) is 22.6. The predicted molar refractivity (Wildman–Crippen MR) is 138 cm³/mol. The van der Waals surface area contributed by atoms with Crippen molar-refractivity contribution in [1.82, 2.24) is 10.2 Å². The zero-order chi connectivity index (χ0) is 28.0. The first-order chi connectivity index (χ1) is 17.1. The van der Waals surface area contributed by atoms with Gasteiger partial charge in [0.25, 0.3) is 0 Å². The van der Waals surface area contributed by atoms with Gasteiger partial charge in [0.2, 0.25) is 21.8 Å². The van der Waals surface area contributed by atoms with Gasteiger partial charge >= 0.3 is 6.18 Å². The summed E-state index contributed by atoms with van der Waals surface area (Å²) in [4.78, 5) is 27.8. The summed E-state index contributed by atoms with van der Waals surface area (Å²) in [5, 5.41) is 3.13. The highest BCUT2D eigenvalue weighted by Gasteiger charge is 2.34. The summed E-state index contributed by atoms with van der Waals surface area (Å²) in [7, 11) is -4.17. The third-order valence-corrected chi connectivity index (χ3v) is 7.02. The SMILES string of the molecule is CCC(C(=O)NCC(C)C)N(Cc1ccccc1Cl)C(=O)CN(c1cccc(C(F)(F)F)c1)S(C)(=O)=O. The molecule has 0 aliphatic heterocycles. The first kappa shape index (κ1) is 30.4. The smallest absolute Gasteiger partial charge is 0.354 e. The third-order valence-electron chi connectivity index (χ3n) is 5.51. The van der Waals surface area contributed by atoms with Gasteiger partial charge in [0.15, 0.2) is 0 Å². The predicted octanol–water partition coefficient (Wildman–Crippen LogP) is 4.70. The van der Waals surface area contributed by atoms with E-state index in [2.05, 4.69) is 5.32 Å². The second-order valence-electron chi connectivity index (χ2n) is 8.99. The fraction of sp³-hybridized carbons (Fsp3) is 0.440. The number of hydrogen-bond donors (Lipinski definition) is 1. The van der Waals surface area contributed by atoms with Gasteiger partial charge in [-0.3, -0.25) is 13.9 Å². The van der Waals surface area contributed by atoms with Crippen molar-refractivity contribution in [2.75, 3.05) is 23.7 Å². The lowest BCUT2D eigenvalue weighted by Crippen LogP contribution is -2.52.